The fourth-order valence-electron chi connectivity index (χ4n) is 1.04. The molecule has 1 aromatic heterocycles. The van der Waals surface area contributed by atoms with E-state index in [4.69, 9.17) is 0 Å². The van der Waals surface area contributed by atoms with Crippen LogP contribution < -0.4 is 5.32 Å². The molecule has 0 spiro atoms. The summed E-state index contributed by atoms with van der Waals surface area (Å²) in [7, 11) is 0. The third-order valence-corrected chi connectivity index (χ3v) is 3.97. The molecule has 1 unspecified atom stereocenters. The monoisotopic (exact) mass is 304 g/mol. The molecular formula is C11H17BrN2OS. The number of thiazole rings is 1. The molecule has 0 bridgehead atoms. The predicted molar refractivity (Wildman–Crippen MR) is 72.4 cm³/mol. The Labute approximate surface area is 109 Å². The van der Waals surface area contributed by atoms with Crippen LogP contribution in [-0.4, -0.2) is 15.7 Å². The van der Waals surface area contributed by atoms with Gasteiger partial charge < -0.3 is 5.32 Å². The van der Waals surface area contributed by atoms with Crippen molar-refractivity contribution in [1.82, 2.24) is 4.98 Å². The average Bonchev–Trinajstić information content (AvgIpc) is 2.64. The van der Waals surface area contributed by atoms with Crippen LogP contribution in [0.3, 0.4) is 0 Å². The topological polar surface area (TPSA) is 42.0 Å². The lowest BCUT2D eigenvalue weighted by atomic mass is 9.93. The van der Waals surface area contributed by atoms with Crippen LogP contribution in [0.25, 0.3) is 0 Å². The molecule has 16 heavy (non-hydrogen) atoms. The summed E-state index contributed by atoms with van der Waals surface area (Å²) in [5, 5.41) is 5.47. The molecule has 90 valence electrons. The lowest BCUT2D eigenvalue weighted by Gasteiger charge is -2.14. The zero-order valence-electron chi connectivity index (χ0n) is 10.0. The number of nitrogens with zero attached hydrogens (tertiary/aromatic N) is 1. The number of carbonyl (C=O) groups is 1. The van der Waals surface area contributed by atoms with Crippen molar-refractivity contribution in [1.29, 1.82) is 0 Å². The number of halogens is 1. The highest BCUT2D eigenvalue weighted by atomic mass is 79.9. The third kappa shape index (κ3) is 3.56. The summed E-state index contributed by atoms with van der Waals surface area (Å²) in [6, 6.07) is 0. The van der Waals surface area contributed by atoms with Gasteiger partial charge in [-0.3, -0.25) is 4.79 Å². The van der Waals surface area contributed by atoms with Crippen LogP contribution >= 0.6 is 27.3 Å². The highest BCUT2D eigenvalue weighted by Crippen LogP contribution is 2.26. The van der Waals surface area contributed by atoms with Crippen LogP contribution in [0.4, 0.5) is 5.13 Å². The first-order valence-electron chi connectivity index (χ1n) is 5.25. The summed E-state index contributed by atoms with van der Waals surface area (Å²) in [6.07, 6.45) is 0.767. The van der Waals surface area contributed by atoms with Crippen molar-refractivity contribution in [3.63, 3.8) is 0 Å². The van der Waals surface area contributed by atoms with E-state index in [1.165, 1.54) is 11.3 Å². The van der Waals surface area contributed by atoms with E-state index in [1.807, 2.05) is 12.3 Å². The Morgan fingerprint density at radius 2 is 2.25 bits per heavy atom. The molecule has 1 rings (SSSR count). The van der Waals surface area contributed by atoms with Gasteiger partial charge in [-0.15, -0.1) is 11.3 Å². The molecular weight excluding hydrogens is 288 g/mol. The molecule has 0 saturated heterocycles. The summed E-state index contributed by atoms with van der Waals surface area (Å²) < 4.78 is 0. The van der Waals surface area contributed by atoms with Crippen LogP contribution in [0.2, 0.25) is 0 Å². The maximum atomic E-state index is 11.6. The Hall–Kier alpha value is -0.420. The van der Waals surface area contributed by atoms with E-state index >= 15 is 0 Å². The number of rotatable bonds is 3. The van der Waals surface area contributed by atoms with Gasteiger partial charge in [-0.1, -0.05) is 43.6 Å². The molecule has 0 aliphatic carbocycles. The first-order chi connectivity index (χ1) is 7.34. The molecule has 0 aromatic carbocycles. The summed E-state index contributed by atoms with van der Waals surface area (Å²) in [6.45, 7) is 8.27. The fraction of sp³-hybridized carbons (Fsp3) is 0.636. The van der Waals surface area contributed by atoms with Crippen molar-refractivity contribution >= 4 is 38.3 Å². The first kappa shape index (κ1) is 13.6. The molecule has 1 heterocycles. The Kier molecular flexibility index (Phi) is 4.50. The van der Waals surface area contributed by atoms with Crippen LogP contribution in [0.1, 0.15) is 39.8 Å². The Balaban J connectivity index is 2.70. The van der Waals surface area contributed by atoms with Gasteiger partial charge in [0.25, 0.3) is 0 Å². The van der Waals surface area contributed by atoms with Gasteiger partial charge in [0.2, 0.25) is 5.91 Å². The fourth-order valence-corrected chi connectivity index (χ4v) is 2.10. The minimum absolute atomic E-state index is 0.0258. The second-order valence-electron chi connectivity index (χ2n) is 4.65. The number of anilines is 1. The largest absolute Gasteiger partial charge is 0.301 e. The molecule has 1 aromatic rings. The van der Waals surface area contributed by atoms with Gasteiger partial charge in [0.15, 0.2) is 5.13 Å². The summed E-state index contributed by atoms with van der Waals surface area (Å²) >= 11 is 4.78. The van der Waals surface area contributed by atoms with E-state index in [-0.39, 0.29) is 16.1 Å². The molecule has 0 radical (unpaired) electrons. The van der Waals surface area contributed by atoms with Gasteiger partial charge in [-0.2, -0.15) is 0 Å². The van der Waals surface area contributed by atoms with Gasteiger partial charge in [0.05, 0.1) is 10.5 Å². The van der Waals surface area contributed by atoms with Crippen molar-refractivity contribution < 1.29 is 4.79 Å². The van der Waals surface area contributed by atoms with Crippen molar-refractivity contribution in [3.8, 4) is 0 Å². The minimum atomic E-state index is -0.144. The quantitative estimate of drug-likeness (QED) is 0.868. The molecule has 0 aliphatic rings. The van der Waals surface area contributed by atoms with E-state index in [0.29, 0.717) is 5.13 Å². The van der Waals surface area contributed by atoms with Crippen molar-refractivity contribution in [3.05, 3.63) is 11.1 Å². The summed E-state index contributed by atoms with van der Waals surface area (Å²) in [5.41, 5.74) is 1.04. The Morgan fingerprint density at radius 1 is 1.62 bits per heavy atom. The predicted octanol–water partition coefficient (Wildman–Crippen LogP) is 3.55. The number of aromatic nitrogens is 1. The van der Waals surface area contributed by atoms with E-state index < -0.39 is 0 Å². The van der Waals surface area contributed by atoms with Gasteiger partial charge in [-0.05, 0) is 6.42 Å². The maximum Gasteiger partial charge on any atom is 0.239 e. The number of carbonyl (C=O) groups excluding carboxylic acids is 1. The minimum Gasteiger partial charge on any atom is -0.301 e. The Bertz CT molecular complexity index is 370. The summed E-state index contributed by atoms with van der Waals surface area (Å²) in [5.74, 6) is -0.0303. The highest BCUT2D eigenvalue weighted by Gasteiger charge is 2.19. The van der Waals surface area contributed by atoms with E-state index in [1.54, 1.807) is 0 Å². The SMILES string of the molecule is CCC(Br)C(=O)Nc1nc(C(C)(C)C)cs1. The number of amides is 1. The van der Waals surface area contributed by atoms with Crippen LogP contribution in [0.5, 0.6) is 0 Å². The van der Waals surface area contributed by atoms with Gasteiger partial charge in [-0.25, -0.2) is 4.98 Å². The number of hydrogen-bond acceptors (Lipinski definition) is 3. The van der Waals surface area contributed by atoms with Crippen LogP contribution in [0.15, 0.2) is 5.38 Å². The van der Waals surface area contributed by atoms with Gasteiger partial charge in [0, 0.05) is 10.8 Å². The lowest BCUT2D eigenvalue weighted by Crippen LogP contribution is -2.22. The van der Waals surface area contributed by atoms with E-state index in [9.17, 15) is 4.79 Å². The average molecular weight is 305 g/mol. The third-order valence-electron chi connectivity index (χ3n) is 2.15. The first-order valence-corrected chi connectivity index (χ1v) is 7.05. The zero-order chi connectivity index (χ0) is 12.3. The second kappa shape index (κ2) is 5.27. The number of nitrogens with one attached hydrogen (secondary N) is 1. The van der Waals surface area contributed by atoms with Crippen molar-refractivity contribution in [2.75, 3.05) is 5.32 Å². The maximum absolute atomic E-state index is 11.6. The van der Waals surface area contributed by atoms with Gasteiger partial charge in [0.1, 0.15) is 0 Å². The smallest absolute Gasteiger partial charge is 0.239 e. The normalized spacial score (nSPS) is 13.6. The second-order valence-corrected chi connectivity index (χ2v) is 6.62. The number of hydrogen-bond donors (Lipinski definition) is 1. The molecule has 3 nitrogen and oxygen atoms in total. The standard InChI is InChI=1S/C11H17BrN2OS/c1-5-7(12)9(15)14-10-13-8(6-16-10)11(2,3)4/h6-7H,5H2,1-4H3,(H,13,14,15). The highest BCUT2D eigenvalue weighted by molar-refractivity contribution is 9.10. The summed E-state index contributed by atoms with van der Waals surface area (Å²) in [4.78, 5) is 15.9. The molecule has 1 atom stereocenters. The lowest BCUT2D eigenvalue weighted by molar-refractivity contribution is -0.115. The van der Waals surface area contributed by atoms with E-state index in [2.05, 4.69) is 47.0 Å². The molecule has 0 saturated carbocycles. The van der Waals surface area contributed by atoms with Crippen molar-refractivity contribution in [2.45, 2.75) is 44.4 Å². The van der Waals surface area contributed by atoms with Gasteiger partial charge >= 0.3 is 0 Å². The molecule has 1 N–H and O–H groups in total. The molecule has 1 amide bonds. The van der Waals surface area contributed by atoms with E-state index in [0.717, 1.165) is 12.1 Å². The molecule has 0 aliphatic heterocycles. The molecule has 0 fully saturated rings. The Morgan fingerprint density at radius 3 is 2.69 bits per heavy atom. The van der Waals surface area contributed by atoms with Crippen LogP contribution in [-0.2, 0) is 10.2 Å². The number of alkyl halides is 1. The van der Waals surface area contributed by atoms with Crippen LogP contribution in [0, 0.1) is 0 Å². The van der Waals surface area contributed by atoms with Crippen molar-refractivity contribution in [2.24, 2.45) is 0 Å². The molecule has 5 heteroatoms. The zero-order valence-corrected chi connectivity index (χ0v) is 12.4.